The molecule has 2 rings (SSSR count). The summed E-state index contributed by atoms with van der Waals surface area (Å²) in [6.07, 6.45) is 0.595. The molecule has 0 saturated carbocycles. The number of fused-ring (bicyclic) bond motifs is 1. The van der Waals surface area contributed by atoms with E-state index in [2.05, 4.69) is 15.5 Å². The molecule has 0 aliphatic heterocycles. The minimum atomic E-state index is -1.27. The van der Waals surface area contributed by atoms with E-state index in [1.165, 1.54) is 0 Å². The summed E-state index contributed by atoms with van der Waals surface area (Å²) in [6, 6.07) is 1.16. The van der Waals surface area contributed by atoms with Gasteiger partial charge in [-0.05, 0) is 6.07 Å². The van der Waals surface area contributed by atoms with E-state index in [1.54, 1.807) is 0 Å². The van der Waals surface area contributed by atoms with Crippen LogP contribution in [0.1, 0.15) is 10.4 Å². The van der Waals surface area contributed by atoms with Crippen molar-refractivity contribution >= 4 is 57.0 Å². The highest BCUT2D eigenvalue weighted by Crippen LogP contribution is 2.34. The summed E-state index contributed by atoms with van der Waals surface area (Å²) >= 11 is 6.62. The molecule has 0 unspecified atom stereocenters. The zero-order valence-electron chi connectivity index (χ0n) is 9.51. The average Bonchev–Trinajstić information content (AvgIpc) is 2.72. The van der Waals surface area contributed by atoms with E-state index in [9.17, 15) is 14.4 Å². The molecule has 0 fully saturated rings. The molecule has 2 aromatic rings. The summed E-state index contributed by atoms with van der Waals surface area (Å²) in [7, 11) is 0. The summed E-state index contributed by atoms with van der Waals surface area (Å²) in [5, 5.41) is 20.9. The number of nitrogens with zero attached hydrogens (tertiary/aromatic N) is 1. The Bertz CT molecular complexity index is 794. The number of aromatic carboxylic acids is 1. The highest BCUT2D eigenvalue weighted by atomic mass is 35.5. The zero-order chi connectivity index (χ0) is 14.9. The number of hydrogen-bond acceptors (Lipinski definition) is 6. The van der Waals surface area contributed by atoms with E-state index in [0.29, 0.717) is 17.6 Å². The molecule has 8 nitrogen and oxygen atoms in total. The van der Waals surface area contributed by atoms with Gasteiger partial charge in [-0.15, -0.1) is 0 Å². The normalized spacial score (nSPS) is 11.1. The molecule has 104 valence electrons. The van der Waals surface area contributed by atoms with Crippen LogP contribution in [0.5, 0.6) is 0 Å². The first-order valence-corrected chi connectivity index (χ1v) is 6.20. The predicted molar refractivity (Wildman–Crippen MR) is 74.2 cm³/mol. The minimum Gasteiger partial charge on any atom is -0.478 e. The van der Waals surface area contributed by atoms with Gasteiger partial charge < -0.3 is 15.2 Å². The molecule has 10 heteroatoms. The molecule has 0 spiro atoms. The molecule has 0 amide bonds. The third-order valence-corrected chi connectivity index (χ3v) is 3.45. The molecule has 4 N–H and O–H groups in total. The number of hydrazone groups is 1. The number of benzene rings is 1. The van der Waals surface area contributed by atoms with E-state index < -0.39 is 16.8 Å². The minimum absolute atomic E-state index is 0.00788. The smallest absolute Gasteiger partial charge is 0.348 e. The first-order chi connectivity index (χ1) is 9.40. The number of aliphatic carboxylic acids is 1. The van der Waals surface area contributed by atoms with Gasteiger partial charge in [0.1, 0.15) is 6.21 Å². The van der Waals surface area contributed by atoms with Crippen LogP contribution in [0.3, 0.4) is 0 Å². The van der Waals surface area contributed by atoms with Gasteiger partial charge in [0.25, 0.3) is 0 Å². The van der Waals surface area contributed by atoms with Crippen LogP contribution in [0.15, 0.2) is 16.0 Å². The number of H-pyrrole nitrogens is 1. The number of carboxylic acids is 2. The van der Waals surface area contributed by atoms with Crippen molar-refractivity contribution in [3.8, 4) is 0 Å². The fourth-order valence-electron chi connectivity index (χ4n) is 1.50. The SMILES string of the molecule is O=C(O)C=NNc1c(Cl)cc(C(=O)O)c2sc(=O)[nH]c12. The molecule has 20 heavy (non-hydrogen) atoms. The number of halogens is 1. The number of hydrogen-bond donors (Lipinski definition) is 4. The van der Waals surface area contributed by atoms with Crippen LogP contribution < -0.4 is 10.3 Å². The fraction of sp³-hybridized carbons (Fsp3) is 0. The first kappa shape index (κ1) is 14.0. The fourth-order valence-corrected chi connectivity index (χ4v) is 2.59. The lowest BCUT2D eigenvalue weighted by molar-refractivity contribution is -0.128. The Morgan fingerprint density at radius 2 is 2.15 bits per heavy atom. The molecule has 0 bridgehead atoms. The van der Waals surface area contributed by atoms with Crippen molar-refractivity contribution in [1.29, 1.82) is 0 Å². The molecule has 0 aliphatic rings. The van der Waals surface area contributed by atoms with Crippen LogP contribution in [-0.2, 0) is 4.79 Å². The number of aromatic amines is 1. The predicted octanol–water partition coefficient (Wildman–Crippen LogP) is 1.42. The highest BCUT2D eigenvalue weighted by Gasteiger charge is 2.18. The number of aromatic nitrogens is 1. The molecule has 1 heterocycles. The number of thiazole rings is 1. The second kappa shape index (κ2) is 5.31. The Morgan fingerprint density at radius 3 is 2.75 bits per heavy atom. The van der Waals surface area contributed by atoms with Gasteiger partial charge >= 0.3 is 16.8 Å². The van der Waals surface area contributed by atoms with Gasteiger partial charge in [0.2, 0.25) is 0 Å². The Labute approximate surface area is 119 Å². The van der Waals surface area contributed by atoms with Crippen molar-refractivity contribution in [2.45, 2.75) is 0 Å². The van der Waals surface area contributed by atoms with E-state index in [4.69, 9.17) is 21.8 Å². The molecular formula is C10H6ClN3O5S. The molecule has 1 aromatic carbocycles. The van der Waals surface area contributed by atoms with Gasteiger partial charge in [-0.3, -0.25) is 10.2 Å². The summed E-state index contributed by atoms with van der Waals surface area (Å²) < 4.78 is 0.194. The van der Waals surface area contributed by atoms with Crippen molar-refractivity contribution in [2.24, 2.45) is 5.10 Å². The maximum Gasteiger partial charge on any atom is 0.348 e. The quantitative estimate of drug-likeness (QED) is 0.498. The topological polar surface area (TPSA) is 132 Å². The summed E-state index contributed by atoms with van der Waals surface area (Å²) in [5.74, 6) is -2.50. The molecule has 0 atom stereocenters. The average molecular weight is 316 g/mol. The van der Waals surface area contributed by atoms with Crippen LogP contribution in [0.25, 0.3) is 10.2 Å². The standard InChI is InChI=1S/C10H6ClN3O5S/c11-4-1-3(9(17)18)8-7(13-10(19)20-8)6(4)14-12-2-5(15)16/h1-2,14H,(H,13,19)(H,15,16)(H,17,18). The largest absolute Gasteiger partial charge is 0.478 e. The van der Waals surface area contributed by atoms with E-state index in [0.717, 1.165) is 6.07 Å². The van der Waals surface area contributed by atoms with Gasteiger partial charge in [-0.1, -0.05) is 22.9 Å². The zero-order valence-corrected chi connectivity index (χ0v) is 11.1. The van der Waals surface area contributed by atoms with Gasteiger partial charge in [0.15, 0.2) is 0 Å². The van der Waals surface area contributed by atoms with Crippen LogP contribution in [0.4, 0.5) is 5.69 Å². The second-order valence-corrected chi connectivity index (χ2v) is 4.90. The lowest BCUT2D eigenvalue weighted by atomic mass is 10.2. The van der Waals surface area contributed by atoms with Crippen LogP contribution >= 0.6 is 22.9 Å². The number of nitrogens with one attached hydrogen (secondary N) is 2. The van der Waals surface area contributed by atoms with Gasteiger partial charge in [-0.25, -0.2) is 9.59 Å². The van der Waals surface area contributed by atoms with Crippen molar-refractivity contribution in [3.05, 3.63) is 26.3 Å². The third-order valence-electron chi connectivity index (χ3n) is 2.24. The number of carbonyl (C=O) groups is 2. The summed E-state index contributed by atoms with van der Waals surface area (Å²) in [6.45, 7) is 0. The maximum absolute atomic E-state index is 11.4. The lowest BCUT2D eigenvalue weighted by Gasteiger charge is -2.06. The van der Waals surface area contributed by atoms with Crippen LogP contribution in [-0.4, -0.2) is 33.4 Å². The van der Waals surface area contributed by atoms with Gasteiger partial charge in [0.05, 0.1) is 26.5 Å². The van der Waals surface area contributed by atoms with Crippen molar-refractivity contribution in [2.75, 3.05) is 5.43 Å². The number of anilines is 1. The third kappa shape index (κ3) is 2.63. The Kier molecular flexibility index (Phi) is 3.72. The summed E-state index contributed by atoms with van der Waals surface area (Å²) in [5.41, 5.74) is 2.53. The number of carboxylic acid groups (broad SMARTS) is 2. The van der Waals surface area contributed by atoms with Crippen molar-refractivity contribution in [1.82, 2.24) is 4.98 Å². The molecule has 0 saturated heterocycles. The highest BCUT2D eigenvalue weighted by molar-refractivity contribution is 7.16. The van der Waals surface area contributed by atoms with Gasteiger partial charge in [-0.2, -0.15) is 5.10 Å². The van der Waals surface area contributed by atoms with Crippen LogP contribution in [0, 0.1) is 0 Å². The lowest BCUT2D eigenvalue weighted by Crippen LogP contribution is -2.02. The van der Waals surface area contributed by atoms with E-state index in [-0.39, 0.29) is 26.5 Å². The molecular weight excluding hydrogens is 310 g/mol. The molecule has 1 aromatic heterocycles. The molecule has 0 radical (unpaired) electrons. The summed E-state index contributed by atoms with van der Waals surface area (Å²) in [4.78, 5) is 34.8. The first-order valence-electron chi connectivity index (χ1n) is 5.00. The number of rotatable bonds is 4. The Balaban J connectivity index is 2.63. The van der Waals surface area contributed by atoms with Gasteiger partial charge in [0, 0.05) is 0 Å². The Hall–Kier alpha value is -2.39. The van der Waals surface area contributed by atoms with Crippen molar-refractivity contribution < 1.29 is 19.8 Å². The van der Waals surface area contributed by atoms with E-state index in [1.807, 2.05) is 0 Å². The maximum atomic E-state index is 11.4. The second-order valence-electron chi connectivity index (χ2n) is 3.51. The Morgan fingerprint density at radius 1 is 1.45 bits per heavy atom. The van der Waals surface area contributed by atoms with Crippen LogP contribution in [0.2, 0.25) is 5.02 Å². The monoisotopic (exact) mass is 315 g/mol. The molecule has 0 aliphatic carbocycles. The van der Waals surface area contributed by atoms with Crippen molar-refractivity contribution in [3.63, 3.8) is 0 Å². The van der Waals surface area contributed by atoms with E-state index >= 15 is 0 Å².